The number of hydrogen-bond acceptors (Lipinski definition) is 3. The highest BCUT2D eigenvalue weighted by molar-refractivity contribution is 5.29. The Morgan fingerprint density at radius 2 is 2.06 bits per heavy atom. The average molecular weight is 247 g/mol. The van der Waals surface area contributed by atoms with E-state index in [1.165, 1.54) is 25.1 Å². The fourth-order valence-electron chi connectivity index (χ4n) is 2.89. The second-order valence-electron chi connectivity index (χ2n) is 5.36. The first-order valence-corrected chi connectivity index (χ1v) is 6.77. The van der Waals surface area contributed by atoms with Crippen LogP contribution in [0.5, 0.6) is 5.75 Å². The van der Waals surface area contributed by atoms with Crippen molar-refractivity contribution in [2.75, 3.05) is 26.8 Å². The Kier molecular flexibility index (Phi) is 3.27. The molecule has 2 heterocycles. The van der Waals surface area contributed by atoms with Crippen LogP contribution in [-0.2, 0) is 4.74 Å². The largest absolute Gasteiger partial charge is 0.497 e. The van der Waals surface area contributed by atoms with Gasteiger partial charge in [0.1, 0.15) is 5.75 Å². The van der Waals surface area contributed by atoms with E-state index in [2.05, 4.69) is 24.0 Å². The van der Waals surface area contributed by atoms with Crippen LogP contribution in [0.15, 0.2) is 24.3 Å². The minimum absolute atomic E-state index is 0.486. The molecule has 2 fully saturated rings. The molecule has 18 heavy (non-hydrogen) atoms. The van der Waals surface area contributed by atoms with Crippen molar-refractivity contribution in [2.45, 2.75) is 25.5 Å². The van der Waals surface area contributed by atoms with E-state index in [0.29, 0.717) is 12.1 Å². The number of methoxy groups -OCH3 is 1. The van der Waals surface area contributed by atoms with Gasteiger partial charge in [0.15, 0.2) is 0 Å². The van der Waals surface area contributed by atoms with Gasteiger partial charge >= 0.3 is 0 Å². The Morgan fingerprint density at radius 1 is 1.33 bits per heavy atom. The van der Waals surface area contributed by atoms with Crippen LogP contribution in [0.1, 0.15) is 24.9 Å². The van der Waals surface area contributed by atoms with Gasteiger partial charge in [0.25, 0.3) is 0 Å². The molecular formula is C15H21NO2. The van der Waals surface area contributed by atoms with Crippen molar-refractivity contribution >= 4 is 0 Å². The fourth-order valence-corrected chi connectivity index (χ4v) is 2.89. The summed E-state index contributed by atoms with van der Waals surface area (Å²) in [6.07, 6.45) is 1.84. The summed E-state index contributed by atoms with van der Waals surface area (Å²) in [4.78, 5) is 2.56. The molecule has 1 aromatic rings. The minimum atomic E-state index is 0.486. The third-order valence-corrected chi connectivity index (χ3v) is 4.29. The van der Waals surface area contributed by atoms with Gasteiger partial charge in [-0.1, -0.05) is 12.1 Å². The van der Waals surface area contributed by atoms with Crippen molar-refractivity contribution in [3.63, 3.8) is 0 Å². The molecule has 1 unspecified atom stereocenters. The predicted octanol–water partition coefficient (Wildman–Crippen LogP) is 2.48. The van der Waals surface area contributed by atoms with Crippen LogP contribution in [-0.4, -0.2) is 37.8 Å². The smallest absolute Gasteiger partial charge is 0.118 e. The van der Waals surface area contributed by atoms with Crippen LogP contribution in [0.2, 0.25) is 0 Å². The molecule has 0 spiro atoms. The molecule has 0 bridgehead atoms. The molecule has 0 radical (unpaired) electrons. The number of epoxide rings is 1. The lowest BCUT2D eigenvalue weighted by Gasteiger charge is -2.24. The number of nitrogens with zero attached hydrogens (tertiary/aromatic N) is 1. The van der Waals surface area contributed by atoms with Crippen LogP contribution in [0.3, 0.4) is 0 Å². The monoisotopic (exact) mass is 247 g/mol. The zero-order chi connectivity index (χ0) is 12.5. The highest BCUT2D eigenvalue weighted by Crippen LogP contribution is 2.33. The Labute approximate surface area is 109 Å². The molecule has 0 aliphatic carbocycles. The fraction of sp³-hybridized carbons (Fsp3) is 0.600. The lowest BCUT2D eigenvalue weighted by Crippen LogP contribution is -2.25. The molecular weight excluding hydrogens is 226 g/mol. The second-order valence-corrected chi connectivity index (χ2v) is 5.36. The van der Waals surface area contributed by atoms with Crippen LogP contribution >= 0.6 is 0 Å². The Hall–Kier alpha value is -1.06. The Balaban J connectivity index is 1.64. The third kappa shape index (κ3) is 2.38. The molecule has 0 amide bonds. The molecule has 98 valence electrons. The molecule has 3 nitrogen and oxygen atoms in total. The quantitative estimate of drug-likeness (QED) is 0.764. The maximum atomic E-state index is 5.41. The number of benzene rings is 1. The van der Waals surface area contributed by atoms with Gasteiger partial charge in [0, 0.05) is 18.5 Å². The van der Waals surface area contributed by atoms with Gasteiger partial charge in [-0.15, -0.1) is 0 Å². The molecule has 0 aromatic heterocycles. The van der Waals surface area contributed by atoms with Gasteiger partial charge in [-0.25, -0.2) is 0 Å². The molecule has 2 aliphatic rings. The van der Waals surface area contributed by atoms with Gasteiger partial charge in [0.05, 0.1) is 19.8 Å². The summed E-state index contributed by atoms with van der Waals surface area (Å²) in [7, 11) is 1.71. The van der Waals surface area contributed by atoms with Crippen molar-refractivity contribution in [1.29, 1.82) is 0 Å². The Bertz CT molecular complexity index is 399. The first kappa shape index (κ1) is 12.0. The molecule has 0 N–H and O–H groups in total. The van der Waals surface area contributed by atoms with Crippen molar-refractivity contribution in [2.24, 2.45) is 5.92 Å². The summed E-state index contributed by atoms with van der Waals surface area (Å²) in [5, 5.41) is 0. The topological polar surface area (TPSA) is 25.0 Å². The van der Waals surface area contributed by atoms with E-state index in [4.69, 9.17) is 9.47 Å². The lowest BCUT2D eigenvalue weighted by molar-refractivity contribution is 0.241. The second kappa shape index (κ2) is 4.90. The Morgan fingerprint density at radius 3 is 2.67 bits per heavy atom. The summed E-state index contributed by atoms with van der Waals surface area (Å²) in [5.74, 6) is 1.68. The van der Waals surface area contributed by atoms with E-state index in [-0.39, 0.29) is 0 Å². The van der Waals surface area contributed by atoms with Crippen LogP contribution in [0.4, 0.5) is 0 Å². The summed E-state index contributed by atoms with van der Waals surface area (Å²) in [6, 6.07) is 8.92. The van der Waals surface area contributed by atoms with Crippen molar-refractivity contribution in [1.82, 2.24) is 4.90 Å². The van der Waals surface area contributed by atoms with Gasteiger partial charge in [0.2, 0.25) is 0 Å². The number of likely N-dealkylation sites (tertiary alicyclic amines) is 1. The van der Waals surface area contributed by atoms with Crippen molar-refractivity contribution in [3.05, 3.63) is 29.8 Å². The third-order valence-electron chi connectivity index (χ3n) is 4.29. The molecule has 1 aromatic carbocycles. The van der Waals surface area contributed by atoms with Crippen LogP contribution in [0, 0.1) is 5.92 Å². The highest BCUT2D eigenvalue weighted by atomic mass is 16.6. The van der Waals surface area contributed by atoms with Crippen molar-refractivity contribution in [3.8, 4) is 5.75 Å². The standard InChI is InChI=1S/C15H21NO2/c1-11(12-3-5-14(17-2)6-4-12)16-8-7-13(9-16)15-10-18-15/h3-6,11,13,15H,7-10H2,1-2H3/t11-,13-,15?/m1/s1. The highest BCUT2D eigenvalue weighted by Gasteiger charge is 2.38. The maximum Gasteiger partial charge on any atom is 0.118 e. The van der Waals surface area contributed by atoms with Gasteiger partial charge in [-0.3, -0.25) is 4.90 Å². The van der Waals surface area contributed by atoms with Gasteiger partial charge in [-0.05, 0) is 37.6 Å². The summed E-state index contributed by atoms with van der Waals surface area (Å²) in [6.45, 7) is 5.64. The average Bonchev–Trinajstić information content (AvgIpc) is 3.16. The normalized spacial score (nSPS) is 29.2. The molecule has 2 saturated heterocycles. The molecule has 2 aliphatic heterocycles. The minimum Gasteiger partial charge on any atom is -0.497 e. The molecule has 0 saturated carbocycles. The van der Waals surface area contributed by atoms with E-state index in [1.807, 2.05) is 12.1 Å². The SMILES string of the molecule is COc1ccc([C@@H](C)N2CC[C@@H](C3CO3)C2)cc1. The van der Waals surface area contributed by atoms with Gasteiger partial charge < -0.3 is 9.47 Å². The summed E-state index contributed by atoms with van der Waals surface area (Å²) < 4.78 is 10.6. The summed E-state index contributed by atoms with van der Waals surface area (Å²) in [5.41, 5.74) is 1.37. The van der Waals surface area contributed by atoms with E-state index < -0.39 is 0 Å². The molecule has 3 rings (SSSR count). The van der Waals surface area contributed by atoms with E-state index in [0.717, 1.165) is 18.3 Å². The first-order valence-electron chi connectivity index (χ1n) is 6.77. The van der Waals surface area contributed by atoms with E-state index in [9.17, 15) is 0 Å². The summed E-state index contributed by atoms with van der Waals surface area (Å²) >= 11 is 0. The van der Waals surface area contributed by atoms with Crippen LogP contribution < -0.4 is 4.74 Å². The van der Waals surface area contributed by atoms with Crippen LogP contribution in [0.25, 0.3) is 0 Å². The molecule has 3 heteroatoms. The number of ether oxygens (including phenoxy) is 2. The number of hydrogen-bond donors (Lipinski definition) is 0. The zero-order valence-corrected chi connectivity index (χ0v) is 11.1. The number of rotatable bonds is 4. The zero-order valence-electron chi connectivity index (χ0n) is 11.1. The van der Waals surface area contributed by atoms with Crippen molar-refractivity contribution < 1.29 is 9.47 Å². The van der Waals surface area contributed by atoms with Gasteiger partial charge in [-0.2, -0.15) is 0 Å². The lowest BCUT2D eigenvalue weighted by atomic mass is 10.1. The predicted molar refractivity (Wildman–Crippen MR) is 70.8 cm³/mol. The molecule has 3 atom stereocenters. The maximum absolute atomic E-state index is 5.41. The van der Waals surface area contributed by atoms with E-state index in [1.54, 1.807) is 7.11 Å². The first-order chi connectivity index (χ1) is 8.78. The van der Waals surface area contributed by atoms with E-state index >= 15 is 0 Å².